The van der Waals surface area contributed by atoms with Crippen molar-refractivity contribution in [3.8, 4) is 5.75 Å². The molecule has 0 saturated carbocycles. The molecule has 11 heteroatoms. The number of rotatable bonds is 7. The quantitative estimate of drug-likeness (QED) is 0.429. The number of hydrogen-bond acceptors (Lipinski definition) is 7. The first kappa shape index (κ1) is 22.9. The van der Waals surface area contributed by atoms with Crippen molar-refractivity contribution in [3.63, 3.8) is 0 Å². The molecule has 33 heavy (non-hydrogen) atoms. The molecule has 0 bridgehead atoms. The van der Waals surface area contributed by atoms with E-state index >= 15 is 0 Å². The Morgan fingerprint density at radius 1 is 0.939 bits per heavy atom. The van der Waals surface area contributed by atoms with Gasteiger partial charge in [-0.2, -0.15) is 0 Å². The normalized spacial score (nSPS) is 14.5. The van der Waals surface area contributed by atoms with Gasteiger partial charge in [-0.05, 0) is 43.2 Å². The van der Waals surface area contributed by atoms with Gasteiger partial charge in [0.15, 0.2) is 15.6 Å². The number of sulfone groups is 1. The summed E-state index contributed by atoms with van der Waals surface area (Å²) in [5, 5.41) is 19.8. The van der Waals surface area contributed by atoms with Crippen molar-refractivity contribution in [2.75, 3.05) is 28.5 Å². The van der Waals surface area contributed by atoms with E-state index < -0.39 is 42.2 Å². The van der Waals surface area contributed by atoms with E-state index in [-0.39, 0.29) is 21.4 Å². The highest BCUT2D eigenvalue weighted by molar-refractivity contribution is 7.93. The molecule has 0 radical (unpaired) electrons. The van der Waals surface area contributed by atoms with E-state index in [2.05, 4.69) is 9.62 Å². The molecule has 3 N–H and O–H groups in total. The van der Waals surface area contributed by atoms with Crippen LogP contribution in [0.3, 0.4) is 0 Å². The van der Waals surface area contributed by atoms with E-state index in [1.807, 2.05) is 0 Å². The van der Waals surface area contributed by atoms with Crippen molar-refractivity contribution in [1.29, 1.82) is 0 Å². The fourth-order valence-corrected chi connectivity index (χ4v) is 6.16. The number of benzene rings is 3. The highest BCUT2D eigenvalue weighted by Gasteiger charge is 2.27. The first-order valence-electron chi connectivity index (χ1n) is 10.2. The fraction of sp³-hybridized carbons (Fsp3) is 0.227. The molecule has 3 aromatic carbocycles. The molecule has 0 amide bonds. The van der Waals surface area contributed by atoms with Crippen molar-refractivity contribution in [2.24, 2.45) is 0 Å². The summed E-state index contributed by atoms with van der Waals surface area (Å²) in [7, 11) is -8.53. The maximum atomic E-state index is 13.1. The van der Waals surface area contributed by atoms with Gasteiger partial charge < -0.3 is 15.1 Å². The van der Waals surface area contributed by atoms with Crippen LogP contribution in [0.15, 0.2) is 64.4 Å². The summed E-state index contributed by atoms with van der Waals surface area (Å²) in [5.41, 5.74) is 0.833. The van der Waals surface area contributed by atoms with Crippen LogP contribution in [0, 0.1) is 0 Å². The smallest absolute Gasteiger partial charge is 0.319 e. The zero-order valence-electron chi connectivity index (χ0n) is 17.4. The van der Waals surface area contributed by atoms with Gasteiger partial charge in [-0.1, -0.05) is 24.3 Å². The third-order valence-electron chi connectivity index (χ3n) is 5.49. The second kappa shape index (κ2) is 8.56. The van der Waals surface area contributed by atoms with Gasteiger partial charge in [-0.15, -0.1) is 0 Å². The minimum Gasteiger partial charge on any atom is -0.506 e. The Morgan fingerprint density at radius 2 is 1.55 bits per heavy atom. The molecule has 1 aliphatic rings. The third kappa shape index (κ3) is 4.60. The van der Waals surface area contributed by atoms with Gasteiger partial charge in [0.25, 0.3) is 10.0 Å². The Morgan fingerprint density at radius 3 is 2.15 bits per heavy atom. The Bertz CT molecular complexity index is 1430. The molecular weight excluding hydrogens is 468 g/mol. The first-order valence-corrected chi connectivity index (χ1v) is 13.3. The van der Waals surface area contributed by atoms with Gasteiger partial charge >= 0.3 is 5.97 Å². The summed E-state index contributed by atoms with van der Waals surface area (Å²) in [6, 6.07) is 13.4. The highest BCUT2D eigenvalue weighted by atomic mass is 32.2. The van der Waals surface area contributed by atoms with Gasteiger partial charge in [-0.25, -0.2) is 16.8 Å². The molecule has 1 fully saturated rings. The molecule has 4 rings (SSSR count). The Kier molecular flexibility index (Phi) is 5.93. The van der Waals surface area contributed by atoms with Crippen molar-refractivity contribution in [1.82, 2.24) is 0 Å². The number of sulfonamides is 1. The number of carboxylic acids is 1. The standard InChI is InChI=1S/C22H22N2O7S2/c25-21(26)14-32(28,29)20-13-19(17-5-1-2-6-18(17)22(20)27)23-33(30,31)16-9-7-15(8-10-16)24-11-3-4-12-24/h1-2,5-10,13,23,27H,3-4,11-12,14H2,(H,25,26). The molecular formula is C22H22N2O7S2. The van der Waals surface area contributed by atoms with Crippen LogP contribution in [0.1, 0.15) is 12.8 Å². The van der Waals surface area contributed by atoms with Gasteiger partial charge in [0.2, 0.25) is 0 Å². The minimum atomic E-state index is -4.43. The zero-order chi connectivity index (χ0) is 23.8. The fourth-order valence-electron chi connectivity index (χ4n) is 3.91. The number of nitrogens with zero attached hydrogens (tertiary/aromatic N) is 1. The van der Waals surface area contributed by atoms with E-state index in [4.69, 9.17) is 5.11 Å². The second-order valence-electron chi connectivity index (χ2n) is 7.76. The van der Waals surface area contributed by atoms with Crippen LogP contribution in [-0.4, -0.2) is 51.9 Å². The van der Waals surface area contributed by atoms with Crippen LogP contribution in [0.5, 0.6) is 5.75 Å². The molecule has 9 nitrogen and oxygen atoms in total. The van der Waals surface area contributed by atoms with Crippen molar-refractivity contribution >= 4 is 48.0 Å². The van der Waals surface area contributed by atoms with Crippen LogP contribution >= 0.6 is 0 Å². The van der Waals surface area contributed by atoms with E-state index in [1.54, 1.807) is 24.3 Å². The zero-order valence-corrected chi connectivity index (χ0v) is 19.1. The number of carbonyl (C=O) groups is 1. The van der Waals surface area contributed by atoms with Crippen LogP contribution in [0.25, 0.3) is 10.8 Å². The molecule has 174 valence electrons. The Hall–Kier alpha value is -3.31. The molecule has 3 aromatic rings. The number of aliphatic carboxylic acids is 1. The summed E-state index contributed by atoms with van der Waals surface area (Å²) >= 11 is 0. The largest absolute Gasteiger partial charge is 0.506 e. The van der Waals surface area contributed by atoms with E-state index in [1.165, 1.54) is 24.3 Å². The molecule has 0 aromatic heterocycles. The van der Waals surface area contributed by atoms with Crippen LogP contribution < -0.4 is 9.62 Å². The van der Waals surface area contributed by atoms with Crippen molar-refractivity contribution < 1.29 is 31.8 Å². The number of aromatic hydroxyl groups is 1. The number of fused-ring (bicyclic) bond motifs is 1. The summed E-state index contributed by atoms with van der Waals surface area (Å²) in [5.74, 6) is -3.48. The first-order chi connectivity index (χ1) is 15.6. The van der Waals surface area contributed by atoms with Gasteiger partial charge in [-0.3, -0.25) is 9.52 Å². The topological polar surface area (TPSA) is 141 Å². The lowest BCUT2D eigenvalue weighted by Crippen LogP contribution is -2.18. The lowest BCUT2D eigenvalue weighted by Gasteiger charge is -2.18. The van der Waals surface area contributed by atoms with Gasteiger partial charge in [0.1, 0.15) is 10.6 Å². The molecule has 1 saturated heterocycles. The van der Waals surface area contributed by atoms with Gasteiger partial charge in [0, 0.05) is 29.5 Å². The maximum absolute atomic E-state index is 13.1. The van der Waals surface area contributed by atoms with E-state index in [0.717, 1.165) is 37.7 Å². The Labute approximate surface area is 191 Å². The predicted molar refractivity (Wildman–Crippen MR) is 124 cm³/mol. The lowest BCUT2D eigenvalue weighted by atomic mass is 10.1. The van der Waals surface area contributed by atoms with Crippen molar-refractivity contribution in [3.05, 3.63) is 54.6 Å². The van der Waals surface area contributed by atoms with Crippen LogP contribution in [0.4, 0.5) is 11.4 Å². The average molecular weight is 491 g/mol. The van der Waals surface area contributed by atoms with E-state index in [0.29, 0.717) is 0 Å². The molecule has 0 atom stereocenters. The number of hydrogen-bond donors (Lipinski definition) is 3. The summed E-state index contributed by atoms with van der Waals surface area (Å²) in [6.07, 6.45) is 2.17. The lowest BCUT2D eigenvalue weighted by molar-refractivity contribution is -0.134. The SMILES string of the molecule is O=C(O)CS(=O)(=O)c1cc(NS(=O)(=O)c2ccc(N3CCCC3)cc2)c2ccccc2c1O. The molecule has 0 aliphatic carbocycles. The number of phenolic OH excluding ortho intramolecular Hbond substituents is 1. The third-order valence-corrected chi connectivity index (χ3v) is 8.48. The predicted octanol–water partition coefficient (Wildman–Crippen LogP) is 2.80. The monoisotopic (exact) mass is 490 g/mol. The Balaban J connectivity index is 1.76. The number of anilines is 2. The number of carboxylic acid groups (broad SMARTS) is 1. The van der Waals surface area contributed by atoms with Crippen molar-refractivity contribution in [2.45, 2.75) is 22.6 Å². The minimum absolute atomic E-state index is 0.0162. The maximum Gasteiger partial charge on any atom is 0.319 e. The average Bonchev–Trinajstić information content (AvgIpc) is 3.30. The molecule has 1 heterocycles. The highest BCUT2D eigenvalue weighted by Crippen LogP contribution is 2.38. The summed E-state index contributed by atoms with van der Waals surface area (Å²) < 4.78 is 53.6. The van der Waals surface area contributed by atoms with E-state index in [9.17, 15) is 26.7 Å². The number of nitrogens with one attached hydrogen (secondary N) is 1. The molecule has 1 aliphatic heterocycles. The van der Waals surface area contributed by atoms with Crippen LogP contribution in [-0.2, 0) is 24.7 Å². The summed E-state index contributed by atoms with van der Waals surface area (Å²) in [4.78, 5) is 12.5. The summed E-state index contributed by atoms with van der Waals surface area (Å²) in [6.45, 7) is 1.83. The second-order valence-corrected chi connectivity index (χ2v) is 11.4. The number of phenols is 1. The molecule has 0 spiro atoms. The van der Waals surface area contributed by atoms with Crippen LogP contribution in [0.2, 0.25) is 0 Å². The molecule has 0 unspecified atom stereocenters. The van der Waals surface area contributed by atoms with Gasteiger partial charge in [0.05, 0.1) is 10.6 Å².